The Morgan fingerprint density at radius 2 is 0.615 bits per heavy atom. The number of nitrogens with one attached hydrogen (secondary N) is 1. The first kappa shape index (κ1) is 91.2. The van der Waals surface area contributed by atoms with Gasteiger partial charge in [0.05, 0.1) is 84.7 Å². The summed E-state index contributed by atoms with van der Waals surface area (Å²) in [4.78, 5) is 12.0. The van der Waals surface area contributed by atoms with Gasteiger partial charge in [-0.1, -0.05) is 55.6 Å². The first-order valence-electron chi connectivity index (χ1n) is 44.4. The molecule has 8 aromatic rings. The zero-order chi connectivity index (χ0) is 80.2. The molecule has 0 atom stereocenters. The highest BCUT2D eigenvalue weighted by molar-refractivity contribution is 5.87. The van der Waals surface area contributed by atoms with Gasteiger partial charge in [0.15, 0.2) is 22.3 Å². The molecule has 3 N–H and O–H groups in total. The van der Waals surface area contributed by atoms with E-state index >= 15 is 0 Å². The number of aliphatic hydroxyl groups is 2. The molecule has 4 saturated carbocycles. The summed E-state index contributed by atoms with van der Waals surface area (Å²) in [6, 6.07) is 16.6. The summed E-state index contributed by atoms with van der Waals surface area (Å²) in [5, 5.41) is 45.0. The molecule has 4 aromatic heterocycles. The number of halogens is 2. The lowest BCUT2D eigenvalue weighted by Gasteiger charge is -2.31. The normalized spacial score (nSPS) is 18.0. The monoisotopic (exact) mass is 1650 g/mol. The maximum Gasteiger partial charge on any atom is 0.176 e. The van der Waals surface area contributed by atoms with E-state index in [4.69, 9.17) is 37.0 Å². The second-order valence-corrected chi connectivity index (χ2v) is 36.4. The number of likely N-dealkylation sites (tertiary alicyclic amines) is 3. The summed E-state index contributed by atoms with van der Waals surface area (Å²) < 4.78 is 47.1. The van der Waals surface area contributed by atoms with Crippen LogP contribution in [0.4, 0.5) is 0 Å². The van der Waals surface area contributed by atoms with Crippen LogP contribution in [0, 0.1) is 47.3 Å². The molecule has 22 heteroatoms. The summed E-state index contributed by atoms with van der Waals surface area (Å²) in [5.74, 6) is 9.32. The van der Waals surface area contributed by atoms with Gasteiger partial charge < -0.3 is 62.4 Å². The van der Waals surface area contributed by atoms with E-state index in [1.807, 2.05) is 24.3 Å². The third-order valence-corrected chi connectivity index (χ3v) is 25.1. The van der Waals surface area contributed by atoms with E-state index < -0.39 is 0 Å². The Bertz CT molecular complexity index is 4280. The maximum atomic E-state index is 9.87. The standard InChI is InChI=1S/2C26H39N3O2.C24H34N2O3.C19H26N2O3.2ClH/c2*1-19(2)11-14-29-15-12-20(13-16-29)7-9-24-22-8-10-25(30-18-21-5-6-21)23(17-28(3)4)26(22)31-27-24;1-17(2)9-12-26-13-10-18(11-14-26)5-7-22-20-6-8-23(28-16-19-3-4-19)21(15-27)24(20)29-25-22;22-11-16-18(23-12-14-1-2-14)6-4-15-17(21-24-19(15)16)5-3-13-7-9-20-10-8-13;;/h2*8,10-11,20-21H,5-7,9,12-18H2,1-4H3;6,8-9,18-19,27H,3-5,7,10-16H2,1-2H3;4,6,13-14,20,22H,1-3,5,7-12H2;2*1H. The summed E-state index contributed by atoms with van der Waals surface area (Å²) >= 11 is 0. The number of aromatic nitrogens is 4. The molecule has 0 bridgehead atoms. The van der Waals surface area contributed by atoms with Crippen molar-refractivity contribution in [3.63, 3.8) is 0 Å². The Morgan fingerprint density at radius 3 is 0.855 bits per heavy atom. The van der Waals surface area contributed by atoms with E-state index in [-0.39, 0.29) is 38.0 Å². The topological polar surface area (TPSA) is 210 Å². The maximum absolute atomic E-state index is 9.87. The van der Waals surface area contributed by atoms with Gasteiger partial charge in [-0.15, -0.1) is 24.8 Å². The third-order valence-electron chi connectivity index (χ3n) is 25.1. The molecule has 4 aromatic carbocycles. The van der Waals surface area contributed by atoms with Gasteiger partial charge in [-0.25, -0.2) is 0 Å². The van der Waals surface area contributed by atoms with Crippen molar-refractivity contribution in [3.8, 4) is 23.0 Å². The first-order chi connectivity index (χ1) is 56.0. The van der Waals surface area contributed by atoms with E-state index in [2.05, 4.69) is 163 Å². The van der Waals surface area contributed by atoms with Crippen LogP contribution >= 0.6 is 24.8 Å². The van der Waals surface area contributed by atoms with Crippen molar-refractivity contribution in [2.24, 2.45) is 47.3 Å². The summed E-state index contributed by atoms with van der Waals surface area (Å²) in [7, 11) is 8.35. The number of nitrogens with zero attached hydrogens (tertiary/aromatic N) is 9. The fourth-order valence-corrected chi connectivity index (χ4v) is 16.7. The number of ether oxygens (including phenoxy) is 4. The van der Waals surface area contributed by atoms with Crippen LogP contribution in [0.3, 0.4) is 0 Å². The van der Waals surface area contributed by atoms with Crippen molar-refractivity contribution >= 4 is 68.7 Å². The minimum Gasteiger partial charge on any atom is -0.493 e. The highest BCUT2D eigenvalue weighted by Crippen LogP contribution is 2.41. The van der Waals surface area contributed by atoms with Gasteiger partial charge >= 0.3 is 0 Å². The minimum atomic E-state index is -0.0872. The molecule has 8 heterocycles. The number of rotatable bonds is 36. The van der Waals surface area contributed by atoms with Gasteiger partial charge in [0, 0.05) is 54.3 Å². The van der Waals surface area contributed by atoms with E-state index in [0.717, 1.165) is 247 Å². The summed E-state index contributed by atoms with van der Waals surface area (Å²) in [6.45, 7) is 30.3. The van der Waals surface area contributed by atoms with Crippen LogP contribution in [-0.2, 0) is 52.0 Å². The summed E-state index contributed by atoms with van der Waals surface area (Å²) in [6.07, 6.45) is 35.9. The molecule has 8 fully saturated rings. The largest absolute Gasteiger partial charge is 0.493 e. The minimum absolute atomic E-state index is 0. The van der Waals surface area contributed by atoms with Crippen LogP contribution in [0.2, 0.25) is 0 Å². The van der Waals surface area contributed by atoms with Gasteiger partial charge in [-0.3, -0.25) is 14.7 Å². The van der Waals surface area contributed by atoms with E-state index in [9.17, 15) is 10.2 Å². The zero-order valence-corrected chi connectivity index (χ0v) is 74.0. The van der Waals surface area contributed by atoms with Crippen molar-refractivity contribution in [2.45, 2.75) is 222 Å². The summed E-state index contributed by atoms with van der Waals surface area (Å²) in [5.41, 5.74) is 15.4. The second kappa shape index (κ2) is 45.4. The highest BCUT2D eigenvalue weighted by atomic mass is 35.5. The van der Waals surface area contributed by atoms with Crippen molar-refractivity contribution in [1.82, 2.24) is 50.4 Å². The number of allylic oxidation sites excluding steroid dienone is 3. The SMILES string of the molecule is CC(C)=CCN1CCC(CCc2noc3c(CN(C)C)c(OCC4CC4)ccc23)CC1.CC(C)=CCN1CCC(CCc2noc3c(CN(C)C)c(OCC4CC4)ccc23)CC1.CC(C)=CCN1CCC(CCc2noc3c(CO)c(OCC4CC4)ccc23)CC1.Cl.Cl.OCc1c(OCC2CC2)ccc2c(CCC3CCNCC3)noc12. The Morgan fingerprint density at radius 1 is 0.368 bits per heavy atom. The number of benzene rings is 4. The Labute approximate surface area is 709 Å². The number of fused-ring (bicyclic) bond motifs is 4. The fourth-order valence-electron chi connectivity index (χ4n) is 16.7. The molecule has 20 nitrogen and oxygen atoms in total. The molecule has 0 amide bonds. The van der Waals surface area contributed by atoms with Gasteiger partial charge in [0.25, 0.3) is 0 Å². The number of aliphatic hydroxyl groups excluding tert-OH is 2. The molecule has 4 saturated heterocycles. The smallest absolute Gasteiger partial charge is 0.176 e. The molecular weight excluding hydrogens is 1510 g/mol. The molecule has 16 rings (SSSR count). The number of piperidine rings is 4. The molecule has 0 radical (unpaired) electrons. The van der Waals surface area contributed by atoms with Crippen molar-refractivity contribution in [1.29, 1.82) is 0 Å². The van der Waals surface area contributed by atoms with E-state index in [1.165, 1.54) is 172 Å². The predicted octanol–water partition coefficient (Wildman–Crippen LogP) is 19.2. The Hall–Kier alpha value is -6.56. The number of aryl methyl sites for hydroxylation is 4. The molecular formula is C95H140Cl2N10O10. The number of hydrogen-bond donors (Lipinski definition) is 3. The van der Waals surface area contributed by atoms with Gasteiger partial charge in [0.2, 0.25) is 0 Å². The van der Waals surface area contributed by atoms with Gasteiger partial charge in [0.1, 0.15) is 23.0 Å². The highest BCUT2D eigenvalue weighted by Gasteiger charge is 2.31. The lowest BCUT2D eigenvalue weighted by molar-refractivity contribution is 0.194. The van der Waals surface area contributed by atoms with Crippen molar-refractivity contribution < 1.29 is 47.3 Å². The average Bonchev–Trinajstić information content (AvgIpc) is 1.64. The Balaban J connectivity index is 0.000000153. The van der Waals surface area contributed by atoms with E-state index in [1.54, 1.807) is 0 Å². The quantitative estimate of drug-likeness (QED) is 0.0312. The molecule has 4 aliphatic heterocycles. The van der Waals surface area contributed by atoms with Crippen molar-refractivity contribution in [2.75, 3.05) is 127 Å². The predicted molar refractivity (Wildman–Crippen MR) is 475 cm³/mol. The Kier molecular flexibility index (Phi) is 35.4. The molecule has 4 aliphatic carbocycles. The van der Waals surface area contributed by atoms with Crippen LogP contribution in [0.25, 0.3) is 43.9 Å². The average molecular weight is 1650 g/mol. The fraction of sp³-hybridized carbons (Fsp3) is 0.642. The molecule has 644 valence electrons. The molecule has 0 spiro atoms. The second-order valence-electron chi connectivity index (χ2n) is 36.4. The van der Waals surface area contributed by atoms with Gasteiger partial charge in [-0.2, -0.15) is 0 Å². The van der Waals surface area contributed by atoms with Crippen LogP contribution in [0.5, 0.6) is 23.0 Å². The zero-order valence-electron chi connectivity index (χ0n) is 72.4. The molecule has 0 unspecified atom stereocenters. The van der Waals surface area contributed by atoms with Crippen LogP contribution < -0.4 is 24.3 Å². The third kappa shape index (κ3) is 27.5. The van der Waals surface area contributed by atoms with Crippen LogP contribution in [-0.4, -0.2) is 182 Å². The first-order valence-corrected chi connectivity index (χ1v) is 44.4. The lowest BCUT2D eigenvalue weighted by atomic mass is 9.91. The van der Waals surface area contributed by atoms with Gasteiger partial charge in [-0.05, 0) is 372 Å². The van der Waals surface area contributed by atoms with Crippen LogP contribution in [0.1, 0.15) is 215 Å². The number of hydrogen-bond acceptors (Lipinski definition) is 20. The molecule has 8 aliphatic rings. The molecule has 117 heavy (non-hydrogen) atoms. The van der Waals surface area contributed by atoms with E-state index in [0.29, 0.717) is 23.0 Å². The lowest BCUT2D eigenvalue weighted by Crippen LogP contribution is -2.34. The van der Waals surface area contributed by atoms with Crippen LogP contribution in [0.15, 0.2) is 102 Å². The van der Waals surface area contributed by atoms with Crippen molar-refractivity contribution in [3.05, 3.63) is 129 Å².